The lowest BCUT2D eigenvalue weighted by molar-refractivity contribution is 0.102. The summed E-state index contributed by atoms with van der Waals surface area (Å²) in [6.07, 6.45) is 3.97. The van der Waals surface area contributed by atoms with Crippen molar-refractivity contribution >= 4 is 34.8 Å². The molecule has 3 rings (SSSR count). The third-order valence-electron chi connectivity index (χ3n) is 4.54. The molecule has 1 aliphatic rings. The lowest BCUT2D eigenvalue weighted by Gasteiger charge is -2.21. The van der Waals surface area contributed by atoms with Gasteiger partial charge in [0, 0.05) is 10.7 Å². The van der Waals surface area contributed by atoms with Crippen LogP contribution in [0, 0.1) is 11.3 Å². The molecule has 2 aromatic carbocycles. The normalized spacial score (nSPS) is 15.7. The summed E-state index contributed by atoms with van der Waals surface area (Å²) in [5, 5.41) is 13.2. The molecule has 3 nitrogen and oxygen atoms in total. The zero-order chi connectivity index (χ0) is 17.2. The van der Waals surface area contributed by atoms with E-state index < -0.39 is 0 Å². The molecule has 0 atom stereocenters. The molecular weight excluding hydrogens is 343 g/mol. The minimum atomic E-state index is -0.373. The fourth-order valence-electron chi connectivity index (χ4n) is 3.19. The Balaban J connectivity index is 1.77. The molecule has 1 aliphatic carbocycles. The van der Waals surface area contributed by atoms with Crippen LogP contribution in [0.15, 0.2) is 42.5 Å². The number of benzene rings is 2. The number of amides is 1. The van der Waals surface area contributed by atoms with Crippen LogP contribution < -0.4 is 5.32 Å². The van der Waals surface area contributed by atoms with Gasteiger partial charge < -0.3 is 5.32 Å². The van der Waals surface area contributed by atoms with E-state index in [1.54, 1.807) is 12.1 Å². The predicted molar refractivity (Wildman–Crippen MR) is 96.6 cm³/mol. The topological polar surface area (TPSA) is 52.9 Å². The Morgan fingerprint density at radius 2 is 1.75 bits per heavy atom. The molecule has 122 valence electrons. The Kier molecular flexibility index (Phi) is 4.80. The van der Waals surface area contributed by atoms with Crippen molar-refractivity contribution in [1.29, 1.82) is 5.26 Å². The fourth-order valence-corrected chi connectivity index (χ4v) is 3.68. The predicted octanol–water partition coefficient (Wildman–Crippen LogP) is 5.58. The Labute approximate surface area is 151 Å². The van der Waals surface area contributed by atoms with Crippen LogP contribution >= 0.6 is 23.2 Å². The number of nitriles is 1. The quantitative estimate of drug-likeness (QED) is 0.778. The average Bonchev–Trinajstić information content (AvgIpc) is 3.05. The van der Waals surface area contributed by atoms with E-state index in [0.717, 1.165) is 31.2 Å². The van der Waals surface area contributed by atoms with Crippen molar-refractivity contribution in [2.75, 3.05) is 5.32 Å². The van der Waals surface area contributed by atoms with Crippen LogP contribution in [0.25, 0.3) is 0 Å². The molecule has 0 aliphatic heterocycles. The molecule has 0 radical (unpaired) electrons. The first-order valence-corrected chi connectivity index (χ1v) is 8.58. The summed E-state index contributed by atoms with van der Waals surface area (Å²) in [6.45, 7) is 0. The van der Waals surface area contributed by atoms with E-state index in [-0.39, 0.29) is 11.3 Å². The summed E-state index contributed by atoms with van der Waals surface area (Å²) in [7, 11) is 0. The maximum atomic E-state index is 12.3. The summed E-state index contributed by atoms with van der Waals surface area (Å²) in [4.78, 5) is 12.3. The number of hydrogen-bond donors (Lipinski definition) is 1. The second-order valence-electron chi connectivity index (χ2n) is 6.06. The molecule has 0 unspecified atom stereocenters. The highest BCUT2D eigenvalue weighted by atomic mass is 35.5. The Hall–Kier alpha value is -2.02. The van der Waals surface area contributed by atoms with E-state index in [1.807, 2.05) is 24.3 Å². The van der Waals surface area contributed by atoms with E-state index in [9.17, 15) is 10.1 Å². The van der Waals surface area contributed by atoms with Gasteiger partial charge in [-0.2, -0.15) is 5.26 Å². The van der Waals surface area contributed by atoms with Crippen molar-refractivity contribution in [1.82, 2.24) is 0 Å². The number of anilines is 1. The van der Waals surface area contributed by atoms with Crippen molar-refractivity contribution in [3.05, 3.63) is 63.6 Å². The zero-order valence-electron chi connectivity index (χ0n) is 13.0. The summed E-state index contributed by atoms with van der Waals surface area (Å²) in [5.41, 5.74) is 1.68. The molecule has 1 fully saturated rings. The van der Waals surface area contributed by atoms with Gasteiger partial charge in [0.2, 0.25) is 0 Å². The van der Waals surface area contributed by atoms with Gasteiger partial charge in [-0.25, -0.2) is 0 Å². The molecule has 1 saturated carbocycles. The molecule has 0 bridgehead atoms. The number of nitrogens with zero attached hydrogens (tertiary/aromatic N) is 1. The second-order valence-corrected chi connectivity index (χ2v) is 6.90. The average molecular weight is 359 g/mol. The van der Waals surface area contributed by atoms with E-state index in [1.165, 1.54) is 6.07 Å². The van der Waals surface area contributed by atoms with Crippen LogP contribution in [0.4, 0.5) is 5.69 Å². The van der Waals surface area contributed by atoms with Crippen LogP contribution in [-0.2, 0) is 5.41 Å². The van der Waals surface area contributed by atoms with Crippen LogP contribution in [0.2, 0.25) is 10.0 Å². The van der Waals surface area contributed by atoms with Gasteiger partial charge in [0.25, 0.3) is 5.91 Å². The van der Waals surface area contributed by atoms with Crippen LogP contribution in [0.1, 0.15) is 41.6 Å². The molecule has 0 heterocycles. The highest BCUT2D eigenvalue weighted by Crippen LogP contribution is 2.40. The molecule has 0 saturated heterocycles. The van der Waals surface area contributed by atoms with Crippen molar-refractivity contribution in [3.8, 4) is 6.07 Å². The van der Waals surface area contributed by atoms with E-state index >= 15 is 0 Å². The second kappa shape index (κ2) is 6.84. The minimum absolute atomic E-state index is 0.291. The largest absolute Gasteiger partial charge is 0.322 e. The molecule has 2 aromatic rings. The third kappa shape index (κ3) is 3.26. The van der Waals surface area contributed by atoms with E-state index in [4.69, 9.17) is 23.2 Å². The fraction of sp³-hybridized carbons (Fsp3) is 0.263. The van der Waals surface area contributed by atoms with E-state index in [0.29, 0.717) is 21.3 Å². The maximum absolute atomic E-state index is 12.3. The summed E-state index contributed by atoms with van der Waals surface area (Å²) in [6, 6.07) is 14.7. The molecule has 1 amide bonds. The monoisotopic (exact) mass is 358 g/mol. The number of carbonyl (C=O) groups excluding carboxylic acids is 1. The number of hydrogen-bond acceptors (Lipinski definition) is 2. The molecule has 1 N–H and O–H groups in total. The van der Waals surface area contributed by atoms with Gasteiger partial charge in [-0.15, -0.1) is 0 Å². The number of rotatable bonds is 3. The van der Waals surface area contributed by atoms with Crippen molar-refractivity contribution in [2.24, 2.45) is 0 Å². The molecule has 0 spiro atoms. The van der Waals surface area contributed by atoms with E-state index in [2.05, 4.69) is 11.4 Å². The Morgan fingerprint density at radius 1 is 1.08 bits per heavy atom. The Morgan fingerprint density at radius 3 is 2.33 bits per heavy atom. The molecular formula is C19H16Cl2N2O. The molecule has 0 aromatic heterocycles. The molecule has 24 heavy (non-hydrogen) atoms. The number of halogens is 2. The highest BCUT2D eigenvalue weighted by Gasteiger charge is 2.35. The van der Waals surface area contributed by atoms with Crippen LogP contribution in [0.3, 0.4) is 0 Å². The number of nitrogens with one attached hydrogen (secondary N) is 1. The first-order chi connectivity index (χ1) is 11.5. The minimum Gasteiger partial charge on any atom is -0.322 e. The standard InChI is InChI=1S/C19H16Cl2N2O/c20-14-5-8-16(17(21)11-14)18(24)23-15-6-3-13(4-7-15)19(12-22)9-1-2-10-19/h3-8,11H,1-2,9-10H2,(H,23,24). The van der Waals surface area contributed by atoms with Gasteiger partial charge in [-0.1, -0.05) is 48.2 Å². The van der Waals surface area contributed by atoms with Crippen LogP contribution in [-0.4, -0.2) is 5.91 Å². The van der Waals surface area contributed by atoms with Gasteiger partial charge >= 0.3 is 0 Å². The van der Waals surface area contributed by atoms with Crippen molar-refractivity contribution < 1.29 is 4.79 Å². The zero-order valence-corrected chi connectivity index (χ0v) is 14.5. The first kappa shape index (κ1) is 16.8. The Bertz CT molecular complexity index is 803. The van der Waals surface area contributed by atoms with Crippen molar-refractivity contribution in [2.45, 2.75) is 31.1 Å². The molecule has 5 heteroatoms. The summed E-state index contributed by atoms with van der Waals surface area (Å²) in [5.74, 6) is -0.291. The van der Waals surface area contributed by atoms with Crippen LogP contribution in [0.5, 0.6) is 0 Å². The lowest BCUT2D eigenvalue weighted by Crippen LogP contribution is -2.19. The first-order valence-electron chi connectivity index (χ1n) is 7.82. The van der Waals surface area contributed by atoms with Gasteiger partial charge in [-0.3, -0.25) is 4.79 Å². The third-order valence-corrected chi connectivity index (χ3v) is 5.09. The number of carbonyl (C=O) groups is 1. The van der Waals surface area contributed by atoms with Gasteiger partial charge in [-0.05, 0) is 48.7 Å². The summed E-state index contributed by atoms with van der Waals surface area (Å²) < 4.78 is 0. The highest BCUT2D eigenvalue weighted by molar-refractivity contribution is 6.37. The van der Waals surface area contributed by atoms with Crippen molar-refractivity contribution in [3.63, 3.8) is 0 Å². The lowest BCUT2D eigenvalue weighted by atomic mass is 9.80. The smallest absolute Gasteiger partial charge is 0.257 e. The summed E-state index contributed by atoms with van der Waals surface area (Å²) >= 11 is 11.9. The van der Waals surface area contributed by atoms with Gasteiger partial charge in [0.1, 0.15) is 0 Å². The maximum Gasteiger partial charge on any atom is 0.257 e. The SMILES string of the molecule is N#CC1(c2ccc(NC(=O)c3ccc(Cl)cc3Cl)cc2)CCCC1. The van der Waals surface area contributed by atoms with Gasteiger partial charge in [0.05, 0.1) is 22.1 Å². The van der Waals surface area contributed by atoms with Gasteiger partial charge in [0.15, 0.2) is 0 Å².